The lowest BCUT2D eigenvalue weighted by Gasteiger charge is -2.26. The van der Waals surface area contributed by atoms with E-state index < -0.39 is 0 Å². The molecule has 2 rings (SSSR count). The van der Waals surface area contributed by atoms with Gasteiger partial charge in [-0.3, -0.25) is 4.99 Å². The minimum absolute atomic E-state index is 0. The Morgan fingerprint density at radius 1 is 1.18 bits per heavy atom. The number of nitrogens with zero attached hydrogens (tertiary/aromatic N) is 2. The van der Waals surface area contributed by atoms with Gasteiger partial charge in [-0.05, 0) is 55.9 Å². The van der Waals surface area contributed by atoms with Crippen molar-refractivity contribution < 1.29 is 9.13 Å². The van der Waals surface area contributed by atoms with Gasteiger partial charge in [0.15, 0.2) is 5.96 Å². The van der Waals surface area contributed by atoms with E-state index in [1.807, 2.05) is 38.4 Å². The van der Waals surface area contributed by atoms with Crippen molar-refractivity contribution >= 4 is 29.9 Å². The number of hydrogen-bond donors (Lipinski definition) is 2. The molecule has 0 aliphatic carbocycles. The molecule has 7 heteroatoms. The minimum atomic E-state index is -0.187. The second-order valence-corrected chi connectivity index (χ2v) is 6.65. The maximum atomic E-state index is 13.4. The van der Waals surface area contributed by atoms with E-state index in [1.54, 1.807) is 27.1 Å². The predicted octanol–water partition coefficient (Wildman–Crippen LogP) is 3.73. The Bertz CT molecular complexity index is 783. The summed E-state index contributed by atoms with van der Waals surface area (Å²) >= 11 is 0. The molecule has 2 aromatic rings. The monoisotopic (exact) mass is 500 g/mol. The summed E-state index contributed by atoms with van der Waals surface area (Å²) in [6.45, 7) is 3.02. The third-order valence-electron chi connectivity index (χ3n) is 4.47. The van der Waals surface area contributed by atoms with Crippen LogP contribution >= 0.6 is 24.0 Å². The van der Waals surface area contributed by atoms with E-state index in [9.17, 15) is 4.39 Å². The number of rotatable bonds is 7. The van der Waals surface area contributed by atoms with Crippen LogP contribution < -0.4 is 15.4 Å². The lowest BCUT2D eigenvalue weighted by Crippen LogP contribution is -2.41. The lowest BCUT2D eigenvalue weighted by atomic mass is 10.1. The van der Waals surface area contributed by atoms with Crippen LogP contribution in [0.25, 0.3) is 0 Å². The molecule has 0 aromatic heterocycles. The second kappa shape index (κ2) is 11.9. The van der Waals surface area contributed by atoms with Crippen molar-refractivity contribution in [2.75, 3.05) is 34.8 Å². The smallest absolute Gasteiger partial charge is 0.191 e. The summed E-state index contributed by atoms with van der Waals surface area (Å²) in [5.74, 6) is 1.36. The standard InChI is InChI=1S/C21H29FN4O.HI/c1-15-11-16(9-10-19(15)22)13-24-21(23-2)25-14-20(26(3)4)17-7-6-8-18(12-17)27-5;/h6-12,20H,13-14H2,1-5H3,(H2,23,24,25);1H. The van der Waals surface area contributed by atoms with Gasteiger partial charge in [0.25, 0.3) is 0 Å². The van der Waals surface area contributed by atoms with E-state index in [4.69, 9.17) is 4.74 Å². The molecule has 1 unspecified atom stereocenters. The molecule has 154 valence electrons. The van der Waals surface area contributed by atoms with Gasteiger partial charge in [0.1, 0.15) is 11.6 Å². The van der Waals surface area contributed by atoms with Gasteiger partial charge >= 0.3 is 0 Å². The molecule has 0 amide bonds. The molecular weight excluding hydrogens is 470 g/mol. The van der Waals surface area contributed by atoms with Crippen molar-refractivity contribution in [3.05, 3.63) is 65.0 Å². The Hall–Kier alpha value is -1.87. The Labute approximate surface area is 184 Å². The molecule has 0 radical (unpaired) electrons. The van der Waals surface area contributed by atoms with Gasteiger partial charge in [-0.25, -0.2) is 4.39 Å². The number of likely N-dealkylation sites (N-methyl/N-ethyl adjacent to an activating group) is 1. The zero-order valence-electron chi connectivity index (χ0n) is 17.1. The largest absolute Gasteiger partial charge is 0.497 e. The Balaban J connectivity index is 0.00000392. The van der Waals surface area contributed by atoms with Crippen molar-refractivity contribution in [3.63, 3.8) is 0 Å². The highest BCUT2D eigenvalue weighted by Gasteiger charge is 2.15. The highest BCUT2D eigenvalue weighted by atomic mass is 127. The van der Waals surface area contributed by atoms with Gasteiger partial charge in [-0.2, -0.15) is 0 Å². The van der Waals surface area contributed by atoms with Crippen LogP contribution in [-0.4, -0.2) is 45.7 Å². The van der Waals surface area contributed by atoms with Crippen LogP contribution in [0.1, 0.15) is 22.7 Å². The molecule has 0 aliphatic rings. The summed E-state index contributed by atoms with van der Waals surface area (Å²) in [4.78, 5) is 6.43. The third kappa shape index (κ3) is 6.94. The van der Waals surface area contributed by atoms with E-state index in [0.717, 1.165) is 16.9 Å². The molecule has 1 atom stereocenters. The number of nitrogens with one attached hydrogen (secondary N) is 2. The fourth-order valence-corrected chi connectivity index (χ4v) is 2.86. The van der Waals surface area contributed by atoms with Gasteiger partial charge in [0, 0.05) is 20.1 Å². The summed E-state index contributed by atoms with van der Waals surface area (Å²) in [7, 11) is 7.50. The number of guanidine groups is 1. The van der Waals surface area contributed by atoms with Crippen LogP contribution in [0, 0.1) is 12.7 Å². The number of aryl methyl sites for hydroxylation is 1. The van der Waals surface area contributed by atoms with Crippen LogP contribution in [0.3, 0.4) is 0 Å². The number of ether oxygens (including phenoxy) is 1. The van der Waals surface area contributed by atoms with Crippen LogP contribution in [0.5, 0.6) is 5.75 Å². The summed E-state index contributed by atoms with van der Waals surface area (Å²) in [5.41, 5.74) is 2.81. The van der Waals surface area contributed by atoms with Crippen molar-refractivity contribution in [1.29, 1.82) is 0 Å². The number of benzene rings is 2. The molecule has 0 aliphatic heterocycles. The van der Waals surface area contributed by atoms with E-state index in [1.165, 1.54) is 6.07 Å². The first-order chi connectivity index (χ1) is 12.9. The first-order valence-corrected chi connectivity index (χ1v) is 8.94. The first-order valence-electron chi connectivity index (χ1n) is 8.94. The summed E-state index contributed by atoms with van der Waals surface area (Å²) in [6, 6.07) is 13.3. The highest BCUT2D eigenvalue weighted by molar-refractivity contribution is 14.0. The molecule has 28 heavy (non-hydrogen) atoms. The lowest BCUT2D eigenvalue weighted by molar-refractivity contribution is 0.297. The van der Waals surface area contributed by atoms with Crippen LogP contribution in [-0.2, 0) is 6.54 Å². The average molecular weight is 500 g/mol. The predicted molar refractivity (Wildman–Crippen MR) is 124 cm³/mol. The van der Waals surface area contributed by atoms with E-state index >= 15 is 0 Å². The molecule has 0 saturated heterocycles. The van der Waals surface area contributed by atoms with E-state index in [2.05, 4.69) is 26.6 Å². The first kappa shape index (κ1) is 24.2. The highest BCUT2D eigenvalue weighted by Crippen LogP contribution is 2.22. The second-order valence-electron chi connectivity index (χ2n) is 6.65. The van der Waals surface area contributed by atoms with Crippen molar-refractivity contribution in [2.45, 2.75) is 19.5 Å². The topological polar surface area (TPSA) is 48.9 Å². The van der Waals surface area contributed by atoms with Gasteiger partial charge in [-0.15, -0.1) is 24.0 Å². The molecular formula is C21H30FIN4O. The molecule has 2 aromatic carbocycles. The molecule has 0 spiro atoms. The molecule has 2 N–H and O–H groups in total. The fourth-order valence-electron chi connectivity index (χ4n) is 2.86. The Morgan fingerprint density at radius 3 is 2.54 bits per heavy atom. The number of halogens is 2. The Morgan fingerprint density at radius 2 is 1.93 bits per heavy atom. The zero-order valence-corrected chi connectivity index (χ0v) is 19.5. The SMILES string of the molecule is CN=C(NCc1ccc(F)c(C)c1)NCC(c1cccc(OC)c1)N(C)C.I. The summed E-state index contributed by atoms with van der Waals surface area (Å²) in [6.07, 6.45) is 0. The van der Waals surface area contributed by atoms with Crippen molar-refractivity contribution in [3.8, 4) is 5.75 Å². The van der Waals surface area contributed by atoms with Gasteiger partial charge in [0.2, 0.25) is 0 Å². The zero-order chi connectivity index (χ0) is 19.8. The number of aliphatic imine (C=N–C) groups is 1. The van der Waals surface area contributed by atoms with E-state index in [-0.39, 0.29) is 35.8 Å². The molecule has 0 fully saturated rings. The Kier molecular flexibility index (Phi) is 10.2. The van der Waals surface area contributed by atoms with Crippen LogP contribution in [0.2, 0.25) is 0 Å². The summed E-state index contributed by atoms with van der Waals surface area (Å²) in [5, 5.41) is 6.64. The molecule has 5 nitrogen and oxygen atoms in total. The normalized spacial score (nSPS) is 12.3. The van der Waals surface area contributed by atoms with Crippen molar-refractivity contribution in [2.24, 2.45) is 4.99 Å². The summed E-state index contributed by atoms with van der Waals surface area (Å²) < 4.78 is 18.7. The van der Waals surface area contributed by atoms with Gasteiger partial charge in [-0.1, -0.05) is 24.3 Å². The maximum Gasteiger partial charge on any atom is 0.191 e. The minimum Gasteiger partial charge on any atom is -0.497 e. The van der Waals surface area contributed by atoms with Gasteiger partial charge in [0.05, 0.1) is 13.2 Å². The molecule has 0 heterocycles. The molecule has 0 saturated carbocycles. The number of hydrogen-bond acceptors (Lipinski definition) is 3. The molecule has 0 bridgehead atoms. The van der Waals surface area contributed by atoms with Crippen LogP contribution in [0.4, 0.5) is 4.39 Å². The maximum absolute atomic E-state index is 13.4. The number of methoxy groups -OCH3 is 1. The van der Waals surface area contributed by atoms with Crippen molar-refractivity contribution in [1.82, 2.24) is 15.5 Å². The fraction of sp³-hybridized carbons (Fsp3) is 0.381. The third-order valence-corrected chi connectivity index (χ3v) is 4.47. The average Bonchev–Trinajstić information content (AvgIpc) is 2.67. The van der Waals surface area contributed by atoms with Gasteiger partial charge < -0.3 is 20.3 Å². The van der Waals surface area contributed by atoms with Crippen LogP contribution in [0.15, 0.2) is 47.5 Å². The van der Waals surface area contributed by atoms with E-state index in [0.29, 0.717) is 24.6 Å². The quantitative estimate of drug-likeness (QED) is 0.346.